The lowest BCUT2D eigenvalue weighted by Crippen LogP contribution is -2.44. The van der Waals surface area contributed by atoms with Crippen molar-refractivity contribution < 1.29 is 24.2 Å². The van der Waals surface area contributed by atoms with E-state index in [0.29, 0.717) is 25.0 Å². The third-order valence-corrected chi connectivity index (χ3v) is 12.7. The second-order valence-corrected chi connectivity index (χ2v) is 18.2. The summed E-state index contributed by atoms with van der Waals surface area (Å²) in [4.78, 5) is 26.0. The van der Waals surface area contributed by atoms with Crippen LogP contribution in [0.4, 0.5) is 0 Å². The number of unbranched alkanes of at least 4 members (excludes halogenated alkanes) is 19. The van der Waals surface area contributed by atoms with E-state index in [0.717, 1.165) is 18.9 Å². The summed E-state index contributed by atoms with van der Waals surface area (Å²) >= 11 is 0. The molecule has 7 nitrogen and oxygen atoms in total. The van der Waals surface area contributed by atoms with Gasteiger partial charge in [-0.2, -0.15) is 0 Å². The maximum atomic E-state index is 12.6. The number of carbonyl (C=O) groups excluding carboxylic acids is 1. The Labute approximate surface area is 362 Å². The molecule has 58 heavy (non-hydrogen) atoms. The zero-order chi connectivity index (χ0) is 42.6. The molecule has 1 rings (SSSR count). The van der Waals surface area contributed by atoms with Gasteiger partial charge in [-0.15, -0.1) is 0 Å². The summed E-state index contributed by atoms with van der Waals surface area (Å²) in [6.07, 6.45) is 44.7. The van der Waals surface area contributed by atoms with Crippen molar-refractivity contribution in [2.45, 2.75) is 252 Å². The average Bonchev–Trinajstić information content (AvgIpc) is 3.21. The van der Waals surface area contributed by atoms with Crippen molar-refractivity contribution >= 4 is 12.4 Å². The molecule has 0 aliphatic carbocycles. The van der Waals surface area contributed by atoms with Crippen LogP contribution >= 0.6 is 0 Å². The largest absolute Gasteiger partial charge is 0.483 e. The van der Waals surface area contributed by atoms with Gasteiger partial charge in [-0.1, -0.05) is 201 Å². The van der Waals surface area contributed by atoms with Gasteiger partial charge in [-0.25, -0.2) is 0 Å². The second-order valence-electron chi connectivity index (χ2n) is 18.2. The minimum absolute atomic E-state index is 0.0438. The van der Waals surface area contributed by atoms with E-state index < -0.39 is 0 Å². The lowest BCUT2D eigenvalue weighted by atomic mass is 9.90. The fraction of sp³-hybridized carbons (Fsp3) is 0.961. The van der Waals surface area contributed by atoms with Gasteiger partial charge in [-0.3, -0.25) is 9.59 Å². The van der Waals surface area contributed by atoms with E-state index in [1.165, 1.54) is 238 Å². The van der Waals surface area contributed by atoms with Crippen LogP contribution in [0.25, 0.3) is 0 Å². The van der Waals surface area contributed by atoms with Crippen LogP contribution < -0.4 is 0 Å². The Morgan fingerprint density at radius 1 is 0.517 bits per heavy atom. The quantitative estimate of drug-likeness (QED) is 0.0373. The van der Waals surface area contributed by atoms with Gasteiger partial charge in [0.05, 0.1) is 12.7 Å². The molecule has 1 aliphatic heterocycles. The van der Waals surface area contributed by atoms with E-state index in [2.05, 4.69) is 44.5 Å². The van der Waals surface area contributed by atoms with Crippen molar-refractivity contribution in [3.8, 4) is 0 Å². The average molecular weight is 823 g/mol. The van der Waals surface area contributed by atoms with Gasteiger partial charge in [-0.05, 0) is 57.4 Å². The minimum atomic E-state index is -0.250. The Kier molecular flexibility index (Phi) is 44.4. The predicted molar refractivity (Wildman–Crippen MR) is 250 cm³/mol. The summed E-state index contributed by atoms with van der Waals surface area (Å²) in [6, 6.07) is 0. The zero-order valence-corrected chi connectivity index (χ0v) is 39.8. The molecule has 346 valence electrons. The maximum Gasteiger partial charge on any atom is 0.306 e. The van der Waals surface area contributed by atoms with E-state index in [4.69, 9.17) is 19.4 Å². The summed E-state index contributed by atoms with van der Waals surface area (Å²) in [5, 5.41) is 6.89. The third-order valence-electron chi connectivity index (χ3n) is 12.7. The molecule has 1 aliphatic rings. The van der Waals surface area contributed by atoms with Gasteiger partial charge in [0.2, 0.25) is 0 Å². The minimum Gasteiger partial charge on any atom is -0.483 e. The van der Waals surface area contributed by atoms with Crippen LogP contribution in [0.3, 0.4) is 0 Å². The molecular weight excluding hydrogens is 721 g/mol. The van der Waals surface area contributed by atoms with Crippen molar-refractivity contribution in [1.82, 2.24) is 9.80 Å². The van der Waals surface area contributed by atoms with Crippen molar-refractivity contribution in [3.63, 3.8) is 0 Å². The molecule has 0 spiro atoms. The molecular formula is C51H102N2O5. The van der Waals surface area contributed by atoms with Crippen LogP contribution in [0, 0.1) is 11.8 Å². The monoisotopic (exact) mass is 823 g/mol. The highest BCUT2D eigenvalue weighted by atomic mass is 16.5. The lowest BCUT2D eigenvalue weighted by molar-refractivity contribution is -0.145. The summed E-state index contributed by atoms with van der Waals surface area (Å²) in [6.45, 7) is 16.5. The number of piperazine rings is 1. The first-order chi connectivity index (χ1) is 28.4. The molecule has 0 amide bonds. The molecule has 1 unspecified atom stereocenters. The number of rotatable bonds is 42. The van der Waals surface area contributed by atoms with E-state index in [9.17, 15) is 4.79 Å². The Bertz CT molecular complexity index is 816. The van der Waals surface area contributed by atoms with Gasteiger partial charge in [0, 0.05) is 45.8 Å². The van der Waals surface area contributed by atoms with Gasteiger partial charge >= 0.3 is 5.97 Å². The smallest absolute Gasteiger partial charge is 0.306 e. The van der Waals surface area contributed by atoms with Gasteiger partial charge in [0.25, 0.3) is 6.47 Å². The van der Waals surface area contributed by atoms with Crippen LogP contribution in [0.5, 0.6) is 0 Å². The van der Waals surface area contributed by atoms with Gasteiger partial charge in [0.1, 0.15) is 0 Å². The molecule has 1 heterocycles. The first-order valence-electron chi connectivity index (χ1n) is 25.7. The van der Waals surface area contributed by atoms with Crippen molar-refractivity contribution in [2.75, 3.05) is 53.0 Å². The first kappa shape index (κ1) is 56.8. The number of likely N-dealkylation sites (N-methyl/N-ethyl adjacent to an activating group) is 1. The summed E-state index contributed by atoms with van der Waals surface area (Å²) in [5.74, 6) is 1.56. The lowest BCUT2D eigenvalue weighted by Gasteiger charge is -2.32. The molecule has 0 radical (unpaired) electrons. The van der Waals surface area contributed by atoms with E-state index in [1.807, 2.05) is 0 Å². The Morgan fingerprint density at radius 2 is 0.897 bits per heavy atom. The Balaban J connectivity index is 0.0000105. The molecule has 0 aromatic carbocycles. The zero-order valence-electron chi connectivity index (χ0n) is 39.8. The molecule has 0 saturated carbocycles. The van der Waals surface area contributed by atoms with Gasteiger partial charge < -0.3 is 24.4 Å². The third kappa shape index (κ3) is 39.0. The summed E-state index contributed by atoms with van der Waals surface area (Å²) in [5.41, 5.74) is 0. The standard InChI is InChI=1S/C50H100N2O3.CH2O2/c1-6-10-23-32-47(33-24-11-7-2)34-27-19-15-14-16-20-28-37-49(54-45-31-39-52-42-40-51(5)41-43-52)38-29-21-17-18-22-30-44-55-50(53)46-48(35-25-12-8-3)36-26-13-9-4;2-1-3/h47-49H,6-46H2,1-5H3;1H,(H,2,3). The molecule has 1 fully saturated rings. The predicted octanol–water partition coefficient (Wildman–Crippen LogP) is 14.4. The fourth-order valence-corrected chi connectivity index (χ4v) is 8.78. The Morgan fingerprint density at radius 3 is 1.34 bits per heavy atom. The summed E-state index contributed by atoms with van der Waals surface area (Å²) in [7, 11) is 2.24. The van der Waals surface area contributed by atoms with Crippen molar-refractivity contribution in [3.05, 3.63) is 0 Å². The number of ether oxygens (including phenoxy) is 2. The van der Waals surface area contributed by atoms with Crippen LogP contribution in [0.1, 0.15) is 246 Å². The van der Waals surface area contributed by atoms with Crippen molar-refractivity contribution in [2.24, 2.45) is 11.8 Å². The van der Waals surface area contributed by atoms with E-state index in [-0.39, 0.29) is 12.4 Å². The first-order valence-corrected chi connectivity index (χ1v) is 25.7. The van der Waals surface area contributed by atoms with Crippen LogP contribution in [0.2, 0.25) is 0 Å². The Hall–Kier alpha value is -1.18. The van der Waals surface area contributed by atoms with Crippen molar-refractivity contribution in [1.29, 1.82) is 0 Å². The topological polar surface area (TPSA) is 79.3 Å². The molecule has 0 bridgehead atoms. The highest BCUT2D eigenvalue weighted by Gasteiger charge is 2.16. The maximum absolute atomic E-state index is 12.6. The second kappa shape index (κ2) is 45.3. The van der Waals surface area contributed by atoms with Gasteiger partial charge in [0.15, 0.2) is 0 Å². The number of nitrogens with zero attached hydrogens (tertiary/aromatic N) is 2. The number of carbonyl (C=O) groups is 2. The molecule has 0 aromatic heterocycles. The number of carboxylic acid groups (broad SMARTS) is 1. The molecule has 1 atom stereocenters. The van der Waals surface area contributed by atoms with E-state index >= 15 is 0 Å². The van der Waals surface area contributed by atoms with Crippen LogP contribution in [-0.4, -0.2) is 86.4 Å². The van der Waals surface area contributed by atoms with E-state index in [1.54, 1.807) is 0 Å². The highest BCUT2D eigenvalue weighted by molar-refractivity contribution is 5.69. The SMILES string of the molecule is CCCCCC(CCCCC)CCCCCCCCCC(CCCCCCCCOC(=O)CC(CCCCC)CCCCC)OCCCN1CCN(C)CC1.O=CO. The molecule has 1 N–H and O–H groups in total. The molecule has 0 aromatic rings. The normalized spacial score (nSPS) is 14.2. The number of hydrogen-bond acceptors (Lipinski definition) is 6. The molecule has 7 heteroatoms. The van der Waals surface area contributed by atoms with Crippen LogP contribution in [-0.2, 0) is 19.1 Å². The van der Waals surface area contributed by atoms with Crippen LogP contribution in [0.15, 0.2) is 0 Å². The fourth-order valence-electron chi connectivity index (χ4n) is 8.78. The number of hydrogen-bond donors (Lipinski definition) is 1. The summed E-state index contributed by atoms with van der Waals surface area (Å²) < 4.78 is 12.3. The molecule has 1 saturated heterocycles. The highest BCUT2D eigenvalue weighted by Crippen LogP contribution is 2.25. The number of esters is 1.